The number of aryl methyl sites for hydroxylation is 2. The Morgan fingerprint density at radius 1 is 1.15 bits per heavy atom. The zero-order valence-corrected chi connectivity index (χ0v) is 13.5. The van der Waals surface area contributed by atoms with Gasteiger partial charge in [-0.05, 0) is 37.8 Å². The van der Waals surface area contributed by atoms with Crippen molar-refractivity contribution < 1.29 is 24.9 Å². The van der Waals surface area contributed by atoms with Crippen molar-refractivity contribution in [2.24, 2.45) is 5.16 Å². The number of amidine groups is 1. The summed E-state index contributed by atoms with van der Waals surface area (Å²) in [6.07, 6.45) is 0. The molecule has 0 saturated heterocycles. The molecule has 4 rings (SSSR count). The summed E-state index contributed by atoms with van der Waals surface area (Å²) >= 11 is 0. The molecule has 0 bridgehead atoms. The van der Waals surface area contributed by atoms with Gasteiger partial charge in [-0.2, -0.15) is 24.3 Å². The van der Waals surface area contributed by atoms with Gasteiger partial charge in [-0.1, -0.05) is 17.3 Å². The van der Waals surface area contributed by atoms with Gasteiger partial charge in [0, 0.05) is 25.7 Å². The minimum absolute atomic E-state index is 0. The number of fused-ring (bicyclic) bond motifs is 6. The normalized spacial score (nSPS) is 14.5. The Morgan fingerprint density at radius 2 is 1.90 bits per heavy atom. The molecule has 2 aliphatic rings. The van der Waals surface area contributed by atoms with Gasteiger partial charge in [-0.25, -0.2) is 0 Å². The fourth-order valence-corrected chi connectivity index (χ4v) is 2.62. The van der Waals surface area contributed by atoms with Crippen LogP contribution in [-0.4, -0.2) is 5.84 Å². The van der Waals surface area contributed by atoms with Gasteiger partial charge < -0.3 is 9.74 Å². The van der Waals surface area contributed by atoms with Crippen LogP contribution in [0.4, 0.5) is 5.69 Å². The largest absolute Gasteiger partial charge is 0.544 e. The monoisotopic (exact) mass is 441 g/mol. The smallest absolute Gasteiger partial charge is 0.148 e. The molecular formula is C16H12IrN2O-2. The summed E-state index contributed by atoms with van der Waals surface area (Å²) in [5.74, 6) is 0.841. The van der Waals surface area contributed by atoms with Gasteiger partial charge in [0.1, 0.15) is 5.84 Å². The molecule has 1 radical (unpaired) electrons. The molecule has 2 aromatic rings. The molecule has 0 aromatic heterocycles. The third-order valence-corrected chi connectivity index (χ3v) is 3.76. The van der Waals surface area contributed by atoms with E-state index in [4.69, 9.17) is 4.84 Å². The number of para-hydroxylation sites is 1. The molecule has 20 heavy (non-hydrogen) atoms. The van der Waals surface area contributed by atoms with Gasteiger partial charge in [0.25, 0.3) is 0 Å². The van der Waals surface area contributed by atoms with Crippen LogP contribution >= 0.6 is 0 Å². The third kappa shape index (κ3) is 1.72. The van der Waals surface area contributed by atoms with E-state index >= 15 is 0 Å². The van der Waals surface area contributed by atoms with Gasteiger partial charge in [0.05, 0.1) is 0 Å². The molecule has 0 N–H and O–H groups in total. The molecule has 0 saturated carbocycles. The number of rotatable bonds is 0. The van der Waals surface area contributed by atoms with Crippen LogP contribution in [0.15, 0.2) is 35.5 Å². The third-order valence-electron chi connectivity index (χ3n) is 3.76. The van der Waals surface area contributed by atoms with E-state index < -0.39 is 0 Å². The number of nitrogens with zero attached hydrogens (tertiary/aromatic N) is 2. The zero-order chi connectivity index (χ0) is 13.0. The maximum absolute atomic E-state index is 5.14. The quantitative estimate of drug-likeness (QED) is 0.587. The fourth-order valence-electron chi connectivity index (χ4n) is 2.62. The van der Waals surface area contributed by atoms with Crippen LogP contribution in [0.1, 0.15) is 16.7 Å². The number of oxime groups is 1. The number of benzene rings is 2. The molecule has 2 aliphatic heterocycles. The van der Waals surface area contributed by atoms with Crippen molar-refractivity contribution in [2.75, 3.05) is 4.90 Å². The van der Waals surface area contributed by atoms with E-state index in [2.05, 4.69) is 43.3 Å². The summed E-state index contributed by atoms with van der Waals surface area (Å²) in [7, 11) is 0. The molecular weight excluding hydrogens is 428 g/mol. The predicted octanol–water partition coefficient (Wildman–Crippen LogP) is 3.40. The molecule has 103 valence electrons. The van der Waals surface area contributed by atoms with Crippen molar-refractivity contribution in [2.45, 2.75) is 13.8 Å². The van der Waals surface area contributed by atoms with E-state index in [9.17, 15) is 0 Å². The van der Waals surface area contributed by atoms with Crippen LogP contribution in [0, 0.1) is 26.6 Å². The molecule has 0 unspecified atom stereocenters. The average Bonchev–Trinajstić information content (AvgIpc) is 2.91. The van der Waals surface area contributed by atoms with Crippen LogP contribution in [-0.2, 0) is 24.9 Å². The fraction of sp³-hybridized carbons (Fsp3) is 0.125. The second-order valence-electron chi connectivity index (χ2n) is 4.91. The Morgan fingerprint density at radius 3 is 2.70 bits per heavy atom. The Hall–Kier alpha value is -1.64. The van der Waals surface area contributed by atoms with Crippen molar-refractivity contribution >= 4 is 11.5 Å². The maximum atomic E-state index is 5.14. The van der Waals surface area contributed by atoms with Crippen molar-refractivity contribution in [3.05, 3.63) is 59.8 Å². The Bertz CT molecular complexity index is 724. The summed E-state index contributed by atoms with van der Waals surface area (Å²) in [6, 6.07) is 13.7. The number of anilines is 1. The zero-order valence-electron chi connectivity index (χ0n) is 11.1. The van der Waals surface area contributed by atoms with Crippen LogP contribution in [0.3, 0.4) is 0 Å². The maximum Gasteiger partial charge on any atom is 0.148 e. The van der Waals surface area contributed by atoms with Gasteiger partial charge in [0.15, 0.2) is 0 Å². The van der Waals surface area contributed by atoms with E-state index in [0.29, 0.717) is 0 Å². The molecule has 0 aliphatic carbocycles. The molecule has 0 atom stereocenters. The first-order valence-corrected chi connectivity index (χ1v) is 6.25. The second-order valence-corrected chi connectivity index (χ2v) is 4.91. The van der Waals surface area contributed by atoms with Gasteiger partial charge in [-0.3, -0.25) is 0 Å². The van der Waals surface area contributed by atoms with Crippen LogP contribution < -0.4 is 4.90 Å². The predicted molar refractivity (Wildman–Crippen MR) is 74.6 cm³/mol. The molecule has 3 nitrogen and oxygen atoms in total. The number of hydrogen-bond donors (Lipinski definition) is 0. The van der Waals surface area contributed by atoms with E-state index in [1.165, 1.54) is 22.3 Å². The standard InChI is InChI=1S/C16H12N2O.Ir/c1-10-7-13-12-5-3-4-6-15(12)18-9-19-17-16(18)14(13)8-11(10)2;/h3-5,7-9H,1-2H3;/q-2;. The van der Waals surface area contributed by atoms with Crippen molar-refractivity contribution in [1.29, 1.82) is 0 Å². The van der Waals surface area contributed by atoms with Gasteiger partial charge >= 0.3 is 0 Å². The Kier molecular flexibility index (Phi) is 3.15. The Labute approximate surface area is 131 Å². The van der Waals surface area contributed by atoms with Crippen molar-refractivity contribution in [1.82, 2.24) is 0 Å². The van der Waals surface area contributed by atoms with Gasteiger partial charge in [-0.15, -0.1) is 10.7 Å². The molecule has 0 fully saturated rings. The topological polar surface area (TPSA) is 24.8 Å². The number of hydrogen-bond acceptors (Lipinski definition) is 3. The van der Waals surface area contributed by atoms with E-state index in [0.717, 1.165) is 17.1 Å². The van der Waals surface area contributed by atoms with E-state index in [1.54, 1.807) is 6.73 Å². The molecule has 4 heteroatoms. The summed E-state index contributed by atoms with van der Waals surface area (Å²) in [6.45, 7) is 5.88. The van der Waals surface area contributed by atoms with Crippen molar-refractivity contribution in [3.8, 4) is 11.1 Å². The van der Waals surface area contributed by atoms with Gasteiger partial charge in [0.2, 0.25) is 0 Å². The molecule has 2 aromatic carbocycles. The van der Waals surface area contributed by atoms with E-state index in [1.807, 2.05) is 17.0 Å². The van der Waals surface area contributed by atoms with Crippen LogP contribution in [0.2, 0.25) is 0 Å². The first-order chi connectivity index (χ1) is 9.25. The molecule has 2 heterocycles. The summed E-state index contributed by atoms with van der Waals surface area (Å²) in [5, 5.41) is 4.14. The summed E-state index contributed by atoms with van der Waals surface area (Å²) in [4.78, 5) is 7.10. The average molecular weight is 441 g/mol. The first-order valence-electron chi connectivity index (χ1n) is 6.25. The first kappa shape index (κ1) is 13.3. The molecule has 0 spiro atoms. The van der Waals surface area contributed by atoms with Crippen LogP contribution in [0.5, 0.6) is 0 Å². The molecule has 0 amide bonds. The van der Waals surface area contributed by atoms with Crippen molar-refractivity contribution in [3.63, 3.8) is 0 Å². The minimum atomic E-state index is 0. The summed E-state index contributed by atoms with van der Waals surface area (Å²) in [5.41, 5.74) is 7.02. The minimum Gasteiger partial charge on any atom is -0.544 e. The SMILES string of the molecule is Cc1cc2c(cc1C)-c1ccc[c-]c1N1[CH-]ON=C21.[Ir]. The van der Waals surface area contributed by atoms with Crippen LogP contribution in [0.25, 0.3) is 11.1 Å². The summed E-state index contributed by atoms with van der Waals surface area (Å²) < 4.78 is 0. The Balaban J connectivity index is 0.00000121. The second kappa shape index (κ2) is 4.72. The van der Waals surface area contributed by atoms with E-state index in [-0.39, 0.29) is 20.1 Å².